The fourth-order valence-corrected chi connectivity index (χ4v) is 7.48. The fraction of sp³-hybridized carbons (Fsp3) is 0.524. The Morgan fingerprint density at radius 2 is 1.81 bits per heavy atom. The third-order valence-corrected chi connectivity index (χ3v) is 10.5. The van der Waals surface area contributed by atoms with Crippen LogP contribution in [0.3, 0.4) is 0 Å². The molecule has 0 radical (unpaired) electrons. The first-order valence-corrected chi connectivity index (χ1v) is 19.2. The number of aromatic nitrogens is 3. The molecule has 6 rings (SSSR count). The molecule has 2 aromatic heterocycles. The highest BCUT2D eigenvalue weighted by molar-refractivity contribution is 5.99. The van der Waals surface area contributed by atoms with Gasteiger partial charge in [-0.2, -0.15) is 5.10 Å². The number of aryl methyl sites for hydroxylation is 1. The number of carbonyl (C=O) groups is 2. The van der Waals surface area contributed by atoms with Crippen LogP contribution < -0.4 is 11.1 Å². The second-order valence-corrected chi connectivity index (χ2v) is 16.1. The van der Waals surface area contributed by atoms with Crippen LogP contribution in [-0.2, 0) is 20.8 Å². The van der Waals surface area contributed by atoms with Crippen molar-refractivity contribution in [2.75, 3.05) is 52.1 Å². The van der Waals surface area contributed by atoms with Crippen molar-refractivity contribution in [1.29, 1.82) is 0 Å². The van der Waals surface area contributed by atoms with Crippen LogP contribution in [0.4, 0.5) is 5.82 Å². The number of allylic oxidation sites excluding steroid dienone is 3. The van der Waals surface area contributed by atoms with E-state index in [1.165, 1.54) is 11.1 Å². The summed E-state index contributed by atoms with van der Waals surface area (Å²) in [6, 6.07) is 12.2. The Morgan fingerprint density at radius 1 is 1.02 bits per heavy atom. The molecule has 284 valence electrons. The standard InChI is InChI=1S/C42H57N7O4/c1-41(2,3)53-38(50)15-8-9-20-49-28-34(27-45-49)33-25-35(39(43)44-26-33)40(51)46-36-13-10-14-37(36)52-30-42(29-48-23-21-47(4)22-24-48)18-16-32(17-19-42)31-11-6-5-7-12-31/h5-7,11-12,16-18,25-28,36-37H,8-10,13-15,19-24,29-30H2,1-4H3,(H2,43,44)(H,46,51)/t36-,37-,42?/m0/s1. The normalized spacial score (nSPS) is 22.5. The van der Waals surface area contributed by atoms with Crippen LogP contribution in [0.1, 0.15) is 81.6 Å². The van der Waals surface area contributed by atoms with Crippen LogP contribution >= 0.6 is 0 Å². The number of likely N-dealkylation sites (N-methyl/N-ethyl adjacent to an activating group) is 1. The molecule has 3 atom stereocenters. The zero-order valence-electron chi connectivity index (χ0n) is 31.9. The molecule has 1 aliphatic heterocycles. The molecule has 11 nitrogen and oxygen atoms in total. The van der Waals surface area contributed by atoms with Gasteiger partial charge in [0, 0.05) is 74.6 Å². The van der Waals surface area contributed by atoms with Gasteiger partial charge in [-0.25, -0.2) is 4.98 Å². The lowest BCUT2D eigenvalue weighted by Crippen LogP contribution is -2.50. The van der Waals surface area contributed by atoms with E-state index in [1.807, 2.05) is 31.6 Å². The molecule has 3 N–H and O–H groups in total. The van der Waals surface area contributed by atoms with Crippen LogP contribution in [-0.4, -0.2) is 101 Å². The van der Waals surface area contributed by atoms with E-state index < -0.39 is 5.60 Å². The number of nitrogens with one attached hydrogen (secondary N) is 1. The van der Waals surface area contributed by atoms with Crippen LogP contribution in [0, 0.1) is 5.41 Å². The van der Waals surface area contributed by atoms with Gasteiger partial charge in [-0.15, -0.1) is 0 Å². The summed E-state index contributed by atoms with van der Waals surface area (Å²) in [5, 5.41) is 7.75. The van der Waals surface area contributed by atoms with Gasteiger partial charge in [0.15, 0.2) is 0 Å². The lowest BCUT2D eigenvalue weighted by molar-refractivity contribution is -0.154. The minimum absolute atomic E-state index is 0.0814. The van der Waals surface area contributed by atoms with Gasteiger partial charge in [-0.05, 0) is 83.5 Å². The minimum atomic E-state index is -0.476. The molecule has 0 spiro atoms. The van der Waals surface area contributed by atoms with E-state index in [0.29, 0.717) is 31.6 Å². The van der Waals surface area contributed by atoms with E-state index in [0.717, 1.165) is 76.0 Å². The first-order chi connectivity index (χ1) is 25.5. The highest BCUT2D eigenvalue weighted by Crippen LogP contribution is 2.36. The minimum Gasteiger partial charge on any atom is -0.460 e. The van der Waals surface area contributed by atoms with Gasteiger partial charge in [0.05, 0.1) is 30.5 Å². The summed E-state index contributed by atoms with van der Waals surface area (Å²) in [7, 11) is 2.19. The third kappa shape index (κ3) is 10.6. The lowest BCUT2D eigenvalue weighted by Gasteiger charge is -2.41. The van der Waals surface area contributed by atoms with Crippen LogP contribution in [0.2, 0.25) is 0 Å². The maximum atomic E-state index is 13.7. The van der Waals surface area contributed by atoms with E-state index in [9.17, 15) is 9.59 Å². The summed E-state index contributed by atoms with van der Waals surface area (Å²) >= 11 is 0. The van der Waals surface area contributed by atoms with Crippen molar-refractivity contribution in [3.05, 3.63) is 84.3 Å². The van der Waals surface area contributed by atoms with Crippen LogP contribution in [0.15, 0.2) is 73.2 Å². The Kier molecular flexibility index (Phi) is 12.5. The summed E-state index contributed by atoms with van der Waals surface area (Å²) in [5.74, 6) is -0.239. The number of pyridine rings is 1. The van der Waals surface area contributed by atoms with Crippen molar-refractivity contribution >= 4 is 23.3 Å². The topological polar surface area (TPSA) is 128 Å². The number of nitrogen functional groups attached to an aromatic ring is 1. The number of piperazine rings is 1. The number of carbonyl (C=O) groups excluding carboxylic acids is 2. The molecule has 1 amide bonds. The Labute approximate surface area is 314 Å². The summed E-state index contributed by atoms with van der Waals surface area (Å²) in [6.45, 7) is 12.1. The zero-order chi connectivity index (χ0) is 37.4. The molecule has 3 aliphatic rings. The summed E-state index contributed by atoms with van der Waals surface area (Å²) in [6.07, 6.45) is 17.8. The van der Waals surface area contributed by atoms with Gasteiger partial charge in [0.25, 0.3) is 5.91 Å². The quantitative estimate of drug-likeness (QED) is 0.153. The van der Waals surface area contributed by atoms with Gasteiger partial charge < -0.3 is 25.4 Å². The van der Waals surface area contributed by atoms with Crippen molar-refractivity contribution in [2.45, 2.75) is 90.0 Å². The van der Waals surface area contributed by atoms with Crippen molar-refractivity contribution in [3.8, 4) is 11.1 Å². The first-order valence-electron chi connectivity index (χ1n) is 19.2. The summed E-state index contributed by atoms with van der Waals surface area (Å²) < 4.78 is 14.0. The van der Waals surface area contributed by atoms with Gasteiger partial charge in [0.2, 0.25) is 0 Å². The molecule has 3 heterocycles. The molecule has 11 heteroatoms. The largest absolute Gasteiger partial charge is 0.460 e. The van der Waals surface area contributed by atoms with Crippen molar-refractivity contribution in [3.63, 3.8) is 0 Å². The smallest absolute Gasteiger partial charge is 0.306 e. The molecule has 2 fully saturated rings. The Balaban J connectivity index is 1.06. The molecule has 1 aromatic carbocycles. The summed E-state index contributed by atoms with van der Waals surface area (Å²) in [5.41, 5.74) is 10.1. The number of amides is 1. The highest BCUT2D eigenvalue weighted by Gasteiger charge is 2.36. The van der Waals surface area contributed by atoms with E-state index in [4.69, 9.17) is 15.2 Å². The number of hydrogen-bond donors (Lipinski definition) is 2. The Hall–Kier alpha value is -4.32. The zero-order valence-corrected chi connectivity index (χ0v) is 31.9. The third-order valence-electron chi connectivity index (χ3n) is 10.5. The molecular formula is C42H57N7O4. The molecule has 2 aliphatic carbocycles. The van der Waals surface area contributed by atoms with Gasteiger partial charge in [-0.3, -0.25) is 19.2 Å². The summed E-state index contributed by atoms with van der Waals surface area (Å²) in [4.78, 5) is 35.1. The maximum Gasteiger partial charge on any atom is 0.306 e. The maximum absolute atomic E-state index is 13.7. The molecule has 1 saturated heterocycles. The average molecular weight is 724 g/mol. The number of rotatable bonds is 14. The molecule has 0 bridgehead atoms. The Morgan fingerprint density at radius 3 is 2.55 bits per heavy atom. The van der Waals surface area contributed by atoms with Gasteiger partial charge in [-0.1, -0.05) is 48.6 Å². The number of anilines is 1. The molecule has 53 heavy (non-hydrogen) atoms. The van der Waals surface area contributed by atoms with E-state index in [2.05, 4.69) is 80.8 Å². The number of esters is 1. The predicted molar refractivity (Wildman–Crippen MR) is 209 cm³/mol. The number of unbranched alkanes of at least 4 members (excludes halogenated alkanes) is 1. The second kappa shape index (κ2) is 17.2. The molecule has 3 aromatic rings. The first kappa shape index (κ1) is 38.4. The van der Waals surface area contributed by atoms with Gasteiger partial charge in [0.1, 0.15) is 11.4 Å². The Bertz CT molecular complexity index is 1760. The second-order valence-electron chi connectivity index (χ2n) is 16.1. The van der Waals surface area contributed by atoms with Crippen molar-refractivity contribution in [2.24, 2.45) is 5.41 Å². The van der Waals surface area contributed by atoms with E-state index in [1.54, 1.807) is 18.5 Å². The average Bonchev–Trinajstić information content (AvgIpc) is 3.80. The van der Waals surface area contributed by atoms with Crippen LogP contribution in [0.25, 0.3) is 16.7 Å². The number of hydrogen-bond acceptors (Lipinski definition) is 9. The monoisotopic (exact) mass is 723 g/mol. The van der Waals surface area contributed by atoms with E-state index in [-0.39, 0.29) is 35.3 Å². The number of ether oxygens (including phenoxy) is 2. The molecule has 1 saturated carbocycles. The number of nitrogens with zero attached hydrogens (tertiary/aromatic N) is 5. The van der Waals surface area contributed by atoms with Gasteiger partial charge >= 0.3 is 5.97 Å². The molecular weight excluding hydrogens is 667 g/mol. The highest BCUT2D eigenvalue weighted by atomic mass is 16.6. The fourth-order valence-electron chi connectivity index (χ4n) is 7.48. The lowest BCUT2D eigenvalue weighted by atomic mass is 9.79. The van der Waals surface area contributed by atoms with Crippen molar-refractivity contribution in [1.82, 2.24) is 29.9 Å². The molecule has 1 unspecified atom stereocenters. The van der Waals surface area contributed by atoms with Crippen LogP contribution in [0.5, 0.6) is 0 Å². The van der Waals surface area contributed by atoms with E-state index >= 15 is 0 Å². The SMILES string of the molecule is CN1CCN(CC2(CO[C@H]3CCC[C@@H]3NC(=O)c3cc(-c4cnn(CCCCC(=O)OC(C)(C)C)c4)cnc3N)C=CC(c3ccccc3)=CC2)CC1. The number of benzene rings is 1. The predicted octanol–water partition coefficient (Wildman–Crippen LogP) is 5.98. The van der Waals surface area contributed by atoms with Crippen molar-refractivity contribution < 1.29 is 19.1 Å². The number of nitrogens with two attached hydrogens (primary N) is 1.